The molecule has 2 atom stereocenters. The van der Waals surface area contributed by atoms with Crippen molar-refractivity contribution in [3.05, 3.63) is 28.8 Å². The number of benzene rings is 1. The zero-order valence-electron chi connectivity index (χ0n) is 16.0. The molecular weight excluding hydrogens is 350 g/mol. The van der Waals surface area contributed by atoms with Crippen LogP contribution < -0.4 is 10.6 Å². The van der Waals surface area contributed by atoms with Gasteiger partial charge in [-0.05, 0) is 62.3 Å². The second kappa shape index (κ2) is 9.93. The van der Waals surface area contributed by atoms with Crippen LogP contribution in [0.2, 0.25) is 5.02 Å². The van der Waals surface area contributed by atoms with Crippen molar-refractivity contribution in [2.24, 2.45) is 11.8 Å². The standard InChI is InChI=1S/C20H30ClN3O2/c1-14-10-15(2)13-24(12-14)9-5-4-8-22-19(25)20(26)23-18-11-17(21)7-6-16(18)3/h6-7,11,14-15H,4-5,8-10,12-13H2,1-3H3,(H,22,25)(H,23,26). The number of aryl methyl sites for hydroxylation is 1. The Morgan fingerprint density at radius 2 is 1.85 bits per heavy atom. The highest BCUT2D eigenvalue weighted by Crippen LogP contribution is 2.21. The Morgan fingerprint density at radius 1 is 1.15 bits per heavy atom. The Kier molecular flexibility index (Phi) is 7.91. The topological polar surface area (TPSA) is 61.4 Å². The van der Waals surface area contributed by atoms with E-state index in [4.69, 9.17) is 11.6 Å². The first-order valence-corrected chi connectivity index (χ1v) is 9.80. The molecule has 2 unspecified atom stereocenters. The van der Waals surface area contributed by atoms with Gasteiger partial charge >= 0.3 is 11.8 Å². The van der Waals surface area contributed by atoms with Crippen LogP contribution >= 0.6 is 11.6 Å². The number of carbonyl (C=O) groups is 2. The molecule has 2 amide bonds. The quantitative estimate of drug-likeness (QED) is 0.587. The molecule has 6 heteroatoms. The van der Waals surface area contributed by atoms with E-state index in [1.807, 2.05) is 6.92 Å². The monoisotopic (exact) mass is 379 g/mol. The van der Waals surface area contributed by atoms with E-state index in [0.29, 0.717) is 17.3 Å². The summed E-state index contributed by atoms with van der Waals surface area (Å²) in [5.41, 5.74) is 1.42. The molecule has 5 nitrogen and oxygen atoms in total. The molecule has 1 aromatic rings. The Bertz CT molecular complexity index is 625. The number of unbranched alkanes of at least 4 members (excludes halogenated alkanes) is 1. The molecule has 144 valence electrons. The molecule has 0 aromatic heterocycles. The molecule has 1 aliphatic heterocycles. The van der Waals surface area contributed by atoms with Gasteiger partial charge in [-0.2, -0.15) is 0 Å². The van der Waals surface area contributed by atoms with Gasteiger partial charge in [0.1, 0.15) is 0 Å². The SMILES string of the molecule is Cc1ccc(Cl)cc1NC(=O)C(=O)NCCCCN1CC(C)CC(C)C1. The summed E-state index contributed by atoms with van der Waals surface area (Å²) >= 11 is 5.92. The molecule has 0 saturated carbocycles. The molecule has 1 aromatic carbocycles. The predicted octanol–water partition coefficient (Wildman–Crippen LogP) is 3.46. The van der Waals surface area contributed by atoms with Crippen LogP contribution in [0.5, 0.6) is 0 Å². The summed E-state index contributed by atoms with van der Waals surface area (Å²) in [4.78, 5) is 26.4. The molecule has 2 rings (SSSR count). The van der Waals surface area contributed by atoms with E-state index in [9.17, 15) is 9.59 Å². The number of piperidine rings is 1. The third-order valence-corrected chi connectivity index (χ3v) is 5.02. The van der Waals surface area contributed by atoms with Gasteiger partial charge in [-0.1, -0.05) is 31.5 Å². The second-order valence-electron chi connectivity index (χ2n) is 7.58. The third kappa shape index (κ3) is 6.61. The summed E-state index contributed by atoms with van der Waals surface area (Å²) in [6, 6.07) is 5.19. The highest BCUT2D eigenvalue weighted by Gasteiger charge is 2.21. The van der Waals surface area contributed by atoms with Gasteiger partial charge < -0.3 is 15.5 Å². The molecule has 26 heavy (non-hydrogen) atoms. The summed E-state index contributed by atoms with van der Waals surface area (Å²) in [5.74, 6) is 0.257. The molecule has 1 heterocycles. The van der Waals surface area contributed by atoms with E-state index in [2.05, 4.69) is 29.4 Å². The number of hydrogen-bond donors (Lipinski definition) is 2. The summed E-state index contributed by atoms with van der Waals surface area (Å²) in [5, 5.41) is 5.82. The molecule has 0 radical (unpaired) electrons. The summed E-state index contributed by atoms with van der Waals surface area (Å²) in [6.45, 7) is 10.4. The maximum absolute atomic E-state index is 12.0. The van der Waals surface area contributed by atoms with Crippen LogP contribution in [0.15, 0.2) is 18.2 Å². The Balaban J connectivity index is 1.65. The van der Waals surface area contributed by atoms with Gasteiger partial charge in [0.05, 0.1) is 0 Å². The number of amides is 2. The van der Waals surface area contributed by atoms with Crippen molar-refractivity contribution in [1.82, 2.24) is 10.2 Å². The molecule has 0 bridgehead atoms. The van der Waals surface area contributed by atoms with Crippen LogP contribution in [0, 0.1) is 18.8 Å². The number of hydrogen-bond acceptors (Lipinski definition) is 3. The van der Waals surface area contributed by atoms with Crippen molar-refractivity contribution >= 4 is 29.1 Å². The maximum atomic E-state index is 12.0. The number of halogens is 1. The average Bonchev–Trinajstić information content (AvgIpc) is 2.56. The number of nitrogens with zero attached hydrogens (tertiary/aromatic N) is 1. The smallest absolute Gasteiger partial charge is 0.313 e. The lowest BCUT2D eigenvalue weighted by Gasteiger charge is -2.34. The molecule has 0 spiro atoms. The summed E-state index contributed by atoms with van der Waals surface area (Å²) in [7, 11) is 0. The van der Waals surface area contributed by atoms with E-state index in [1.54, 1.807) is 18.2 Å². The predicted molar refractivity (Wildman–Crippen MR) is 106 cm³/mol. The van der Waals surface area contributed by atoms with Gasteiger partial charge in [0, 0.05) is 30.3 Å². The maximum Gasteiger partial charge on any atom is 0.313 e. The van der Waals surface area contributed by atoms with Gasteiger partial charge in [0.15, 0.2) is 0 Å². The Morgan fingerprint density at radius 3 is 2.54 bits per heavy atom. The first-order chi connectivity index (χ1) is 12.3. The van der Waals surface area contributed by atoms with Gasteiger partial charge in [-0.25, -0.2) is 0 Å². The lowest BCUT2D eigenvalue weighted by Crippen LogP contribution is -2.39. The highest BCUT2D eigenvalue weighted by atomic mass is 35.5. The van der Waals surface area contributed by atoms with Crippen LogP contribution in [-0.4, -0.2) is 42.9 Å². The molecule has 0 aliphatic carbocycles. The first-order valence-electron chi connectivity index (χ1n) is 9.43. The summed E-state index contributed by atoms with van der Waals surface area (Å²) in [6.07, 6.45) is 3.21. The van der Waals surface area contributed by atoms with Crippen molar-refractivity contribution in [3.8, 4) is 0 Å². The van der Waals surface area contributed by atoms with E-state index in [1.165, 1.54) is 6.42 Å². The van der Waals surface area contributed by atoms with Crippen molar-refractivity contribution in [2.45, 2.75) is 40.0 Å². The number of carbonyl (C=O) groups excluding carboxylic acids is 2. The molecule has 1 fully saturated rings. The fourth-order valence-electron chi connectivity index (χ4n) is 3.63. The van der Waals surface area contributed by atoms with Gasteiger partial charge in [-0.3, -0.25) is 9.59 Å². The first kappa shape index (κ1) is 20.7. The highest BCUT2D eigenvalue weighted by molar-refractivity contribution is 6.40. The Labute approximate surface area is 161 Å². The lowest BCUT2D eigenvalue weighted by atomic mass is 9.92. The van der Waals surface area contributed by atoms with E-state index in [0.717, 1.165) is 49.9 Å². The minimum absolute atomic E-state index is 0.514. The summed E-state index contributed by atoms with van der Waals surface area (Å²) < 4.78 is 0. The zero-order chi connectivity index (χ0) is 19.1. The molecule has 2 N–H and O–H groups in total. The van der Waals surface area contributed by atoms with Crippen molar-refractivity contribution < 1.29 is 9.59 Å². The second-order valence-corrected chi connectivity index (χ2v) is 8.02. The van der Waals surface area contributed by atoms with Crippen molar-refractivity contribution in [2.75, 3.05) is 31.5 Å². The van der Waals surface area contributed by atoms with Crippen molar-refractivity contribution in [3.63, 3.8) is 0 Å². The molecule has 1 saturated heterocycles. The van der Waals surface area contributed by atoms with E-state index < -0.39 is 11.8 Å². The fraction of sp³-hybridized carbons (Fsp3) is 0.600. The lowest BCUT2D eigenvalue weighted by molar-refractivity contribution is -0.136. The van der Waals surface area contributed by atoms with Crippen LogP contribution in [0.25, 0.3) is 0 Å². The largest absolute Gasteiger partial charge is 0.348 e. The molecule has 1 aliphatic rings. The van der Waals surface area contributed by atoms with E-state index in [-0.39, 0.29) is 0 Å². The molecular formula is C20H30ClN3O2. The minimum Gasteiger partial charge on any atom is -0.348 e. The number of likely N-dealkylation sites (tertiary alicyclic amines) is 1. The van der Waals surface area contributed by atoms with Crippen LogP contribution in [0.1, 0.15) is 38.7 Å². The van der Waals surface area contributed by atoms with Crippen molar-refractivity contribution in [1.29, 1.82) is 0 Å². The van der Waals surface area contributed by atoms with Crippen LogP contribution in [0.4, 0.5) is 5.69 Å². The zero-order valence-corrected chi connectivity index (χ0v) is 16.7. The van der Waals surface area contributed by atoms with Gasteiger partial charge in [-0.15, -0.1) is 0 Å². The fourth-order valence-corrected chi connectivity index (χ4v) is 3.80. The minimum atomic E-state index is -0.658. The van der Waals surface area contributed by atoms with Crippen LogP contribution in [-0.2, 0) is 9.59 Å². The number of rotatable bonds is 6. The Hall–Kier alpha value is -1.59. The van der Waals surface area contributed by atoms with Gasteiger partial charge in [0.25, 0.3) is 0 Å². The number of nitrogens with one attached hydrogen (secondary N) is 2. The number of anilines is 1. The van der Waals surface area contributed by atoms with E-state index >= 15 is 0 Å². The normalized spacial score (nSPS) is 20.6. The third-order valence-electron chi connectivity index (χ3n) is 4.79. The van der Waals surface area contributed by atoms with Gasteiger partial charge in [0.2, 0.25) is 0 Å². The average molecular weight is 380 g/mol. The van der Waals surface area contributed by atoms with Crippen LogP contribution in [0.3, 0.4) is 0 Å².